The maximum Gasteiger partial charge on any atom is 0.225 e. The van der Waals surface area contributed by atoms with Crippen molar-refractivity contribution in [2.75, 3.05) is 26.8 Å². The lowest BCUT2D eigenvalue weighted by Gasteiger charge is -2.32. The van der Waals surface area contributed by atoms with Gasteiger partial charge in [-0.3, -0.25) is 9.48 Å². The third-order valence-corrected chi connectivity index (χ3v) is 5.59. The zero-order valence-electron chi connectivity index (χ0n) is 14.8. The van der Waals surface area contributed by atoms with Crippen molar-refractivity contribution < 1.29 is 14.6 Å². The van der Waals surface area contributed by atoms with Crippen LogP contribution in [0.25, 0.3) is 0 Å². The Morgan fingerprint density at radius 2 is 2.12 bits per heavy atom. The molecule has 0 unspecified atom stereocenters. The molecule has 2 atom stereocenters. The van der Waals surface area contributed by atoms with Crippen molar-refractivity contribution >= 4 is 5.91 Å². The molecule has 1 aliphatic carbocycles. The van der Waals surface area contributed by atoms with Gasteiger partial charge in [-0.1, -0.05) is 19.3 Å². The molecular weight excluding hydrogens is 306 g/mol. The normalized spacial score (nSPS) is 26.7. The van der Waals surface area contributed by atoms with Gasteiger partial charge in [0, 0.05) is 45.3 Å². The lowest BCUT2D eigenvalue weighted by molar-refractivity contribution is -0.137. The van der Waals surface area contributed by atoms with Gasteiger partial charge in [0.05, 0.1) is 24.8 Å². The van der Waals surface area contributed by atoms with E-state index in [0.717, 1.165) is 31.2 Å². The molecule has 6 nitrogen and oxygen atoms in total. The lowest BCUT2D eigenvalue weighted by Crippen LogP contribution is -2.40. The van der Waals surface area contributed by atoms with E-state index in [1.807, 2.05) is 24.3 Å². The smallest absolute Gasteiger partial charge is 0.225 e. The number of aryl methyl sites for hydroxylation is 1. The molecule has 0 spiro atoms. The van der Waals surface area contributed by atoms with Crippen LogP contribution in [0.3, 0.4) is 0 Å². The summed E-state index contributed by atoms with van der Waals surface area (Å²) < 4.78 is 7.17. The monoisotopic (exact) mass is 335 g/mol. The number of rotatable bonds is 5. The number of likely N-dealkylation sites (tertiary alicyclic amines) is 1. The molecule has 1 amide bonds. The van der Waals surface area contributed by atoms with Crippen molar-refractivity contribution in [3.63, 3.8) is 0 Å². The molecule has 0 bridgehead atoms. The van der Waals surface area contributed by atoms with Crippen LogP contribution in [0.4, 0.5) is 0 Å². The van der Waals surface area contributed by atoms with Crippen molar-refractivity contribution in [3.05, 3.63) is 18.0 Å². The Hall–Kier alpha value is -1.40. The Morgan fingerprint density at radius 3 is 2.75 bits per heavy atom. The van der Waals surface area contributed by atoms with Crippen molar-refractivity contribution in [2.45, 2.75) is 50.0 Å². The molecule has 1 N–H and O–H groups in total. The fourth-order valence-electron chi connectivity index (χ4n) is 4.25. The van der Waals surface area contributed by atoms with Crippen LogP contribution in [0.2, 0.25) is 0 Å². The minimum Gasteiger partial charge on any atom is -0.389 e. The van der Waals surface area contributed by atoms with Gasteiger partial charge < -0.3 is 14.7 Å². The molecule has 3 rings (SSSR count). The van der Waals surface area contributed by atoms with Gasteiger partial charge in [0.1, 0.15) is 0 Å². The Morgan fingerprint density at radius 1 is 1.38 bits per heavy atom. The number of hydrogen-bond donors (Lipinski definition) is 1. The number of hydrogen-bond acceptors (Lipinski definition) is 4. The van der Waals surface area contributed by atoms with E-state index in [2.05, 4.69) is 5.10 Å². The molecule has 0 radical (unpaired) electrons. The number of amides is 1. The van der Waals surface area contributed by atoms with Crippen LogP contribution in [0.5, 0.6) is 0 Å². The zero-order chi connectivity index (χ0) is 17.2. The second-order valence-electron chi connectivity index (χ2n) is 7.53. The summed E-state index contributed by atoms with van der Waals surface area (Å²) in [6, 6.07) is 0. The maximum absolute atomic E-state index is 12.8. The summed E-state index contributed by atoms with van der Waals surface area (Å²) in [5.74, 6) is 0.611. The third kappa shape index (κ3) is 3.81. The number of aliphatic hydroxyl groups is 1. The van der Waals surface area contributed by atoms with E-state index in [0.29, 0.717) is 19.7 Å². The Balaban J connectivity index is 1.66. The molecule has 134 valence electrons. The number of nitrogens with zero attached hydrogens (tertiary/aromatic N) is 3. The summed E-state index contributed by atoms with van der Waals surface area (Å²) >= 11 is 0. The summed E-state index contributed by atoms with van der Waals surface area (Å²) in [4.78, 5) is 14.7. The minimum atomic E-state index is -0.793. The molecule has 1 saturated heterocycles. The molecule has 1 aromatic heterocycles. The minimum absolute atomic E-state index is 0.0758. The van der Waals surface area contributed by atoms with Crippen LogP contribution in [0, 0.1) is 5.92 Å². The van der Waals surface area contributed by atoms with Crippen LogP contribution >= 0.6 is 0 Å². The molecule has 6 heteroatoms. The molecule has 0 aromatic carbocycles. The first-order valence-electron chi connectivity index (χ1n) is 8.98. The number of ether oxygens (including phenoxy) is 1. The van der Waals surface area contributed by atoms with Gasteiger partial charge in [-0.15, -0.1) is 0 Å². The molecule has 2 aliphatic rings. The van der Waals surface area contributed by atoms with E-state index in [1.165, 1.54) is 6.42 Å². The number of carbonyl (C=O) groups is 1. The Bertz CT molecular complexity index is 566. The summed E-state index contributed by atoms with van der Waals surface area (Å²) in [5.41, 5.74) is 0.365. The topological polar surface area (TPSA) is 67.6 Å². The third-order valence-electron chi connectivity index (χ3n) is 5.59. The van der Waals surface area contributed by atoms with E-state index in [1.54, 1.807) is 11.8 Å². The maximum atomic E-state index is 12.8. The fourth-order valence-corrected chi connectivity index (χ4v) is 4.25. The molecule has 1 saturated carbocycles. The number of carbonyl (C=O) groups excluding carboxylic acids is 1. The van der Waals surface area contributed by atoms with Gasteiger partial charge in [0.2, 0.25) is 5.91 Å². The molecule has 2 fully saturated rings. The van der Waals surface area contributed by atoms with E-state index in [9.17, 15) is 9.90 Å². The predicted molar refractivity (Wildman–Crippen MR) is 90.5 cm³/mol. The van der Waals surface area contributed by atoms with Gasteiger partial charge in [0.25, 0.3) is 0 Å². The summed E-state index contributed by atoms with van der Waals surface area (Å²) in [5, 5.41) is 14.9. The second kappa shape index (κ2) is 7.23. The first-order chi connectivity index (χ1) is 11.5. The van der Waals surface area contributed by atoms with Gasteiger partial charge in [0.15, 0.2) is 0 Å². The first kappa shape index (κ1) is 17.4. The Labute approximate surface area is 143 Å². The average Bonchev–Trinajstić information content (AvgIpc) is 3.14. The van der Waals surface area contributed by atoms with Crippen LogP contribution < -0.4 is 0 Å². The van der Waals surface area contributed by atoms with E-state index < -0.39 is 5.60 Å². The molecule has 1 aliphatic heterocycles. The molecule has 2 heterocycles. The number of methoxy groups -OCH3 is 1. The van der Waals surface area contributed by atoms with Gasteiger partial charge in [-0.05, 0) is 18.4 Å². The van der Waals surface area contributed by atoms with Crippen LogP contribution in [0.15, 0.2) is 12.4 Å². The highest BCUT2D eigenvalue weighted by atomic mass is 16.5. The zero-order valence-corrected chi connectivity index (χ0v) is 14.8. The van der Waals surface area contributed by atoms with E-state index in [4.69, 9.17) is 4.74 Å². The highest BCUT2D eigenvalue weighted by Gasteiger charge is 2.39. The number of aromatic nitrogens is 2. The fraction of sp³-hybridized carbons (Fsp3) is 0.778. The van der Waals surface area contributed by atoms with Crippen molar-refractivity contribution in [1.29, 1.82) is 0 Å². The second-order valence-corrected chi connectivity index (χ2v) is 7.53. The SMILES string of the molecule is COC[C@@H]1CN(C(=O)CC2(O)CCCCC2)C[C@H]1c1cnn(C)c1. The van der Waals surface area contributed by atoms with Crippen LogP contribution in [-0.2, 0) is 16.6 Å². The van der Waals surface area contributed by atoms with Gasteiger partial charge in [-0.2, -0.15) is 5.10 Å². The van der Waals surface area contributed by atoms with Crippen LogP contribution in [0.1, 0.15) is 50.0 Å². The van der Waals surface area contributed by atoms with Crippen molar-refractivity contribution in [2.24, 2.45) is 13.0 Å². The summed E-state index contributed by atoms with van der Waals surface area (Å²) in [6.45, 7) is 2.02. The quantitative estimate of drug-likeness (QED) is 0.889. The van der Waals surface area contributed by atoms with Gasteiger partial charge >= 0.3 is 0 Å². The standard InChI is InChI=1S/C18H29N3O3/c1-20-10-14(9-19-20)16-12-21(11-15(16)13-24-2)17(22)8-18(23)6-4-3-5-7-18/h9-10,15-16,23H,3-8,11-13H2,1-2H3/t15-,16-/m0/s1. The predicted octanol–water partition coefficient (Wildman–Crippen LogP) is 1.69. The first-order valence-corrected chi connectivity index (χ1v) is 8.98. The summed E-state index contributed by atoms with van der Waals surface area (Å²) in [6.07, 6.45) is 8.88. The highest BCUT2D eigenvalue weighted by molar-refractivity contribution is 5.77. The van der Waals surface area contributed by atoms with Crippen LogP contribution in [-0.4, -0.2) is 58.1 Å². The van der Waals surface area contributed by atoms with E-state index >= 15 is 0 Å². The van der Waals surface area contributed by atoms with Crippen molar-refractivity contribution in [1.82, 2.24) is 14.7 Å². The van der Waals surface area contributed by atoms with E-state index in [-0.39, 0.29) is 24.2 Å². The summed E-state index contributed by atoms with van der Waals surface area (Å²) in [7, 11) is 3.61. The van der Waals surface area contributed by atoms with Crippen molar-refractivity contribution in [3.8, 4) is 0 Å². The highest BCUT2D eigenvalue weighted by Crippen LogP contribution is 2.35. The molecular formula is C18H29N3O3. The molecule has 1 aromatic rings. The van der Waals surface area contributed by atoms with Gasteiger partial charge in [-0.25, -0.2) is 0 Å². The lowest BCUT2D eigenvalue weighted by atomic mass is 9.82. The average molecular weight is 335 g/mol. The molecule has 24 heavy (non-hydrogen) atoms. The Kier molecular flexibility index (Phi) is 5.25. The largest absolute Gasteiger partial charge is 0.389 e.